The molecule has 1 aliphatic carbocycles. The van der Waals surface area contributed by atoms with Crippen molar-refractivity contribution in [2.45, 2.75) is 31.9 Å². The van der Waals surface area contributed by atoms with Gasteiger partial charge in [-0.3, -0.25) is 9.78 Å². The molecule has 1 atom stereocenters. The number of aryl methyl sites for hydroxylation is 1. The molecular weight excluding hydrogens is 378 g/mol. The van der Waals surface area contributed by atoms with Crippen molar-refractivity contribution in [3.05, 3.63) is 89.4 Å². The number of hydrogen-bond donors (Lipinski definition) is 1. The minimum Gasteiger partial charge on any atom is -0.486 e. The van der Waals surface area contributed by atoms with Crippen molar-refractivity contribution in [1.29, 1.82) is 0 Å². The lowest BCUT2D eigenvalue weighted by atomic mass is 9.88. The third-order valence-corrected chi connectivity index (χ3v) is 5.42. The highest BCUT2D eigenvalue weighted by molar-refractivity contribution is 5.92. The highest BCUT2D eigenvalue weighted by Gasteiger charge is 2.23. The van der Waals surface area contributed by atoms with Gasteiger partial charge in [-0.2, -0.15) is 0 Å². The molecule has 0 fully saturated rings. The molecule has 5 rings (SSSR count). The van der Waals surface area contributed by atoms with Crippen LogP contribution in [0.25, 0.3) is 10.9 Å². The van der Waals surface area contributed by atoms with Crippen molar-refractivity contribution in [3.63, 3.8) is 0 Å². The van der Waals surface area contributed by atoms with E-state index < -0.39 is 0 Å². The Morgan fingerprint density at radius 1 is 1.13 bits per heavy atom. The maximum atomic E-state index is 12.7. The van der Waals surface area contributed by atoms with Crippen LogP contribution in [0.15, 0.2) is 71.4 Å². The molecule has 1 N–H and O–H groups in total. The SMILES string of the molecule is O=C(N[C@@H]1CCCc2ccccc21)c1cc(COc2ccc3ncccc3c2)on1. The lowest BCUT2D eigenvalue weighted by Crippen LogP contribution is -2.31. The maximum Gasteiger partial charge on any atom is 0.273 e. The summed E-state index contributed by atoms with van der Waals surface area (Å²) >= 11 is 0. The van der Waals surface area contributed by atoms with E-state index in [1.807, 2.05) is 42.5 Å². The van der Waals surface area contributed by atoms with Gasteiger partial charge in [-0.1, -0.05) is 35.5 Å². The number of rotatable bonds is 5. The Morgan fingerprint density at radius 2 is 2.07 bits per heavy atom. The molecule has 0 unspecified atom stereocenters. The number of nitrogens with one attached hydrogen (secondary N) is 1. The predicted molar refractivity (Wildman–Crippen MR) is 112 cm³/mol. The molecular formula is C24H21N3O3. The van der Waals surface area contributed by atoms with E-state index in [0.29, 0.717) is 11.5 Å². The van der Waals surface area contributed by atoms with Crippen molar-refractivity contribution >= 4 is 16.8 Å². The summed E-state index contributed by atoms with van der Waals surface area (Å²) in [6.45, 7) is 0.193. The highest BCUT2D eigenvalue weighted by Crippen LogP contribution is 2.29. The Morgan fingerprint density at radius 3 is 3.03 bits per heavy atom. The predicted octanol–water partition coefficient (Wildman–Crippen LogP) is 4.61. The number of amides is 1. The first-order valence-electron chi connectivity index (χ1n) is 10.1. The molecule has 2 aromatic carbocycles. The fourth-order valence-electron chi connectivity index (χ4n) is 3.92. The second-order valence-corrected chi connectivity index (χ2v) is 7.44. The van der Waals surface area contributed by atoms with Crippen LogP contribution < -0.4 is 10.1 Å². The molecule has 150 valence electrons. The number of benzene rings is 2. The van der Waals surface area contributed by atoms with Gasteiger partial charge in [-0.05, 0) is 54.7 Å². The minimum atomic E-state index is -0.233. The first-order valence-corrected chi connectivity index (χ1v) is 10.1. The lowest BCUT2D eigenvalue weighted by Gasteiger charge is -2.25. The van der Waals surface area contributed by atoms with Gasteiger partial charge < -0.3 is 14.6 Å². The summed E-state index contributed by atoms with van der Waals surface area (Å²) in [5, 5.41) is 8.01. The number of fused-ring (bicyclic) bond motifs is 2. The molecule has 0 saturated carbocycles. The van der Waals surface area contributed by atoms with Crippen molar-refractivity contribution < 1.29 is 14.1 Å². The normalized spacial score (nSPS) is 15.5. The van der Waals surface area contributed by atoms with E-state index in [4.69, 9.17) is 9.26 Å². The van der Waals surface area contributed by atoms with Gasteiger partial charge >= 0.3 is 0 Å². The molecule has 30 heavy (non-hydrogen) atoms. The Hall–Kier alpha value is -3.67. The van der Waals surface area contributed by atoms with Gasteiger partial charge in [-0.25, -0.2) is 0 Å². The van der Waals surface area contributed by atoms with Crippen LogP contribution >= 0.6 is 0 Å². The fraction of sp³-hybridized carbons (Fsp3) is 0.208. The van der Waals surface area contributed by atoms with Crippen LogP contribution in [0.2, 0.25) is 0 Å². The Kier molecular flexibility index (Phi) is 4.89. The topological polar surface area (TPSA) is 77.2 Å². The standard InChI is InChI=1S/C24H21N3O3/c28-24(26-22-9-3-6-16-5-1-2-8-20(16)22)23-14-19(30-27-23)15-29-18-10-11-21-17(13-18)7-4-12-25-21/h1-2,4-5,7-8,10-14,22H,3,6,9,15H2,(H,26,28)/t22-/m1/s1. The van der Waals surface area contributed by atoms with E-state index in [1.165, 1.54) is 11.1 Å². The van der Waals surface area contributed by atoms with E-state index in [9.17, 15) is 4.79 Å². The summed E-state index contributed by atoms with van der Waals surface area (Å²) in [4.78, 5) is 17.0. The van der Waals surface area contributed by atoms with Crippen molar-refractivity contribution in [2.24, 2.45) is 0 Å². The summed E-state index contributed by atoms with van der Waals surface area (Å²) in [5.41, 5.74) is 3.66. The first-order chi connectivity index (χ1) is 14.8. The Bertz CT molecular complexity index is 1200. The molecule has 2 aromatic heterocycles. The average Bonchev–Trinajstić information content (AvgIpc) is 3.27. The van der Waals surface area contributed by atoms with E-state index in [2.05, 4.69) is 27.6 Å². The van der Waals surface area contributed by atoms with Gasteiger partial charge in [-0.15, -0.1) is 0 Å². The van der Waals surface area contributed by atoms with Crippen molar-refractivity contribution in [3.8, 4) is 5.75 Å². The smallest absolute Gasteiger partial charge is 0.273 e. The number of carbonyl (C=O) groups excluding carboxylic acids is 1. The van der Waals surface area contributed by atoms with Crippen LogP contribution in [0.1, 0.15) is 46.3 Å². The Balaban J connectivity index is 1.23. The van der Waals surface area contributed by atoms with Gasteiger partial charge in [0.25, 0.3) is 5.91 Å². The molecule has 6 heteroatoms. The van der Waals surface area contributed by atoms with Crippen LogP contribution in [0.3, 0.4) is 0 Å². The van der Waals surface area contributed by atoms with Gasteiger partial charge in [0.1, 0.15) is 12.4 Å². The largest absolute Gasteiger partial charge is 0.486 e. The minimum absolute atomic E-state index is 0.00468. The van der Waals surface area contributed by atoms with Crippen LogP contribution in [-0.2, 0) is 13.0 Å². The number of hydrogen-bond acceptors (Lipinski definition) is 5. The lowest BCUT2D eigenvalue weighted by molar-refractivity contribution is 0.0923. The van der Waals surface area contributed by atoms with E-state index in [1.54, 1.807) is 12.3 Å². The molecule has 0 radical (unpaired) electrons. The third kappa shape index (κ3) is 3.76. The highest BCUT2D eigenvalue weighted by atomic mass is 16.5. The zero-order valence-corrected chi connectivity index (χ0v) is 16.4. The maximum absolute atomic E-state index is 12.7. The van der Waals surface area contributed by atoms with Crippen LogP contribution in [0, 0.1) is 0 Å². The molecule has 4 aromatic rings. The van der Waals surface area contributed by atoms with E-state index in [-0.39, 0.29) is 24.2 Å². The third-order valence-electron chi connectivity index (χ3n) is 5.42. The van der Waals surface area contributed by atoms with E-state index in [0.717, 1.165) is 30.2 Å². The summed E-state index contributed by atoms with van der Waals surface area (Å²) in [6.07, 6.45) is 4.79. The molecule has 1 aliphatic rings. The zero-order valence-electron chi connectivity index (χ0n) is 16.4. The summed E-state index contributed by atoms with van der Waals surface area (Å²) in [7, 11) is 0. The number of carbonyl (C=O) groups is 1. The molecule has 0 bridgehead atoms. The number of nitrogens with zero attached hydrogens (tertiary/aromatic N) is 2. The van der Waals surface area contributed by atoms with E-state index >= 15 is 0 Å². The fourth-order valence-corrected chi connectivity index (χ4v) is 3.92. The quantitative estimate of drug-likeness (QED) is 0.530. The molecule has 0 aliphatic heterocycles. The van der Waals surface area contributed by atoms with Crippen molar-refractivity contribution in [1.82, 2.24) is 15.5 Å². The summed E-state index contributed by atoms with van der Waals surface area (Å²) in [6, 6.07) is 19.5. The van der Waals surface area contributed by atoms with Gasteiger partial charge in [0.15, 0.2) is 11.5 Å². The second kappa shape index (κ2) is 7.99. The van der Waals surface area contributed by atoms with Gasteiger partial charge in [0, 0.05) is 17.6 Å². The molecule has 2 heterocycles. The van der Waals surface area contributed by atoms with Crippen LogP contribution in [-0.4, -0.2) is 16.0 Å². The number of aromatic nitrogens is 2. The molecule has 0 saturated heterocycles. The second-order valence-electron chi connectivity index (χ2n) is 7.44. The number of ether oxygens (including phenoxy) is 1. The van der Waals surface area contributed by atoms with Crippen molar-refractivity contribution in [2.75, 3.05) is 0 Å². The average molecular weight is 399 g/mol. The summed E-state index contributed by atoms with van der Waals surface area (Å²) in [5.74, 6) is 0.968. The number of pyridine rings is 1. The Labute approximate surface area is 173 Å². The summed E-state index contributed by atoms with van der Waals surface area (Å²) < 4.78 is 11.1. The van der Waals surface area contributed by atoms with Crippen LogP contribution in [0.4, 0.5) is 0 Å². The monoisotopic (exact) mass is 399 g/mol. The van der Waals surface area contributed by atoms with Crippen LogP contribution in [0.5, 0.6) is 5.75 Å². The van der Waals surface area contributed by atoms with Gasteiger partial charge in [0.2, 0.25) is 0 Å². The molecule has 0 spiro atoms. The first kappa shape index (κ1) is 18.4. The molecule has 1 amide bonds. The zero-order chi connectivity index (χ0) is 20.3. The van der Waals surface area contributed by atoms with Gasteiger partial charge in [0.05, 0.1) is 11.6 Å². The molecule has 6 nitrogen and oxygen atoms in total.